The summed E-state index contributed by atoms with van der Waals surface area (Å²) < 4.78 is 5.50. The molecule has 0 aliphatic carbocycles. The van der Waals surface area contributed by atoms with Crippen LogP contribution in [0.15, 0.2) is 41.5 Å². The number of nitro groups is 1. The van der Waals surface area contributed by atoms with Crippen molar-refractivity contribution < 1.29 is 9.66 Å². The van der Waals surface area contributed by atoms with Crippen molar-refractivity contribution in [3.8, 4) is 5.75 Å². The van der Waals surface area contributed by atoms with Gasteiger partial charge in [0.15, 0.2) is 5.75 Å². The van der Waals surface area contributed by atoms with Crippen LogP contribution in [0.5, 0.6) is 5.75 Å². The Morgan fingerprint density at radius 2 is 1.88 bits per heavy atom. The van der Waals surface area contributed by atoms with E-state index in [0.717, 1.165) is 6.42 Å². The number of rotatable bonds is 7. The fourth-order valence-electron chi connectivity index (χ4n) is 1.84. The topological polar surface area (TPSA) is 76.8 Å². The molecule has 24 heavy (non-hydrogen) atoms. The maximum Gasteiger partial charge on any atom is 0.269 e. The summed E-state index contributed by atoms with van der Waals surface area (Å²) >= 11 is 12.3. The minimum atomic E-state index is -0.459. The van der Waals surface area contributed by atoms with Crippen molar-refractivity contribution in [1.82, 2.24) is 0 Å². The van der Waals surface area contributed by atoms with E-state index in [1.54, 1.807) is 30.5 Å². The van der Waals surface area contributed by atoms with Gasteiger partial charge in [-0.25, -0.2) is 0 Å². The minimum absolute atomic E-state index is 0.0192. The lowest BCUT2D eigenvalue weighted by molar-refractivity contribution is -0.384. The molecule has 1 N–H and O–H groups in total. The molecule has 0 atom stereocenters. The summed E-state index contributed by atoms with van der Waals surface area (Å²) in [4.78, 5) is 10.1. The van der Waals surface area contributed by atoms with Gasteiger partial charge >= 0.3 is 0 Å². The molecule has 0 bridgehead atoms. The maximum atomic E-state index is 10.6. The Morgan fingerprint density at radius 1 is 1.25 bits per heavy atom. The standard InChI is InChI=1S/C16H15Cl2N3O3/c1-2-7-24-16-14(17)8-11(9-15(16)18)10-19-20-12-3-5-13(6-4-12)21(22)23/h3-6,8-10,20H,2,7H2,1H3/b19-10+. The Labute approximate surface area is 149 Å². The number of benzene rings is 2. The number of ether oxygens (including phenoxy) is 1. The normalized spacial score (nSPS) is 10.8. The first kappa shape index (κ1) is 18.0. The zero-order valence-corrected chi connectivity index (χ0v) is 14.3. The number of non-ortho nitro benzene ring substituents is 1. The van der Waals surface area contributed by atoms with Gasteiger partial charge in [-0.1, -0.05) is 30.1 Å². The molecule has 0 aliphatic heterocycles. The SMILES string of the molecule is CCCOc1c(Cl)cc(/C=N/Nc2ccc([N+](=O)[O-])cc2)cc1Cl. The van der Waals surface area contributed by atoms with Gasteiger partial charge in [0.25, 0.3) is 5.69 Å². The molecule has 8 heteroatoms. The molecule has 0 fully saturated rings. The second-order valence-electron chi connectivity index (χ2n) is 4.84. The molecule has 0 unspecified atom stereocenters. The zero-order chi connectivity index (χ0) is 17.5. The quantitative estimate of drug-likeness (QED) is 0.417. The number of hydrazone groups is 1. The summed E-state index contributed by atoms with van der Waals surface area (Å²) in [6.45, 7) is 2.53. The number of nitrogens with zero attached hydrogens (tertiary/aromatic N) is 2. The third-order valence-corrected chi connectivity index (χ3v) is 3.52. The lowest BCUT2D eigenvalue weighted by Crippen LogP contribution is -1.98. The Kier molecular flexibility index (Phi) is 6.40. The third kappa shape index (κ3) is 4.84. The summed E-state index contributed by atoms with van der Waals surface area (Å²) in [5.74, 6) is 0.459. The Morgan fingerprint density at radius 3 is 2.42 bits per heavy atom. The van der Waals surface area contributed by atoms with Crippen LogP contribution in [0.1, 0.15) is 18.9 Å². The molecule has 2 aromatic rings. The Bertz CT molecular complexity index is 726. The van der Waals surface area contributed by atoms with Gasteiger partial charge in [-0.15, -0.1) is 0 Å². The van der Waals surface area contributed by atoms with Crippen LogP contribution in [0.4, 0.5) is 11.4 Å². The van der Waals surface area contributed by atoms with Crippen molar-refractivity contribution in [2.45, 2.75) is 13.3 Å². The minimum Gasteiger partial charge on any atom is -0.490 e. The van der Waals surface area contributed by atoms with E-state index in [1.807, 2.05) is 6.92 Å². The summed E-state index contributed by atoms with van der Waals surface area (Å²) in [6.07, 6.45) is 2.40. The molecule has 0 radical (unpaired) electrons. The summed E-state index contributed by atoms with van der Waals surface area (Å²) in [7, 11) is 0. The van der Waals surface area contributed by atoms with E-state index < -0.39 is 4.92 Å². The summed E-state index contributed by atoms with van der Waals surface area (Å²) in [6, 6.07) is 9.31. The van der Waals surface area contributed by atoms with Crippen LogP contribution in [0.2, 0.25) is 10.0 Å². The van der Waals surface area contributed by atoms with E-state index >= 15 is 0 Å². The molecular weight excluding hydrogens is 353 g/mol. The lowest BCUT2D eigenvalue weighted by Gasteiger charge is -2.09. The lowest BCUT2D eigenvalue weighted by atomic mass is 10.2. The van der Waals surface area contributed by atoms with E-state index in [9.17, 15) is 10.1 Å². The largest absolute Gasteiger partial charge is 0.490 e. The number of hydrogen-bond acceptors (Lipinski definition) is 5. The fraction of sp³-hybridized carbons (Fsp3) is 0.188. The van der Waals surface area contributed by atoms with Gasteiger partial charge < -0.3 is 4.74 Å². The van der Waals surface area contributed by atoms with Gasteiger partial charge in [-0.05, 0) is 36.2 Å². The van der Waals surface area contributed by atoms with Gasteiger partial charge in [0, 0.05) is 12.1 Å². The molecule has 6 nitrogen and oxygen atoms in total. The van der Waals surface area contributed by atoms with E-state index in [2.05, 4.69) is 10.5 Å². The number of halogens is 2. The second-order valence-corrected chi connectivity index (χ2v) is 5.65. The zero-order valence-electron chi connectivity index (χ0n) is 12.8. The van der Waals surface area contributed by atoms with E-state index in [4.69, 9.17) is 27.9 Å². The highest BCUT2D eigenvalue weighted by atomic mass is 35.5. The molecule has 2 aromatic carbocycles. The van der Waals surface area contributed by atoms with Crippen molar-refractivity contribution in [2.24, 2.45) is 5.10 Å². The molecule has 0 spiro atoms. The van der Waals surface area contributed by atoms with Crippen molar-refractivity contribution in [1.29, 1.82) is 0 Å². The third-order valence-electron chi connectivity index (χ3n) is 2.96. The number of nitro benzene ring substituents is 1. The van der Waals surface area contributed by atoms with Crippen LogP contribution >= 0.6 is 23.2 Å². The predicted octanol–water partition coefficient (Wildman–Crippen LogP) is 5.14. The molecule has 0 aliphatic rings. The van der Waals surface area contributed by atoms with E-state index in [-0.39, 0.29) is 5.69 Å². The molecule has 0 aromatic heterocycles. The average molecular weight is 368 g/mol. The number of anilines is 1. The number of nitrogens with one attached hydrogen (secondary N) is 1. The fourth-order valence-corrected chi connectivity index (χ4v) is 2.45. The van der Waals surface area contributed by atoms with Gasteiger partial charge in [0.1, 0.15) is 0 Å². The van der Waals surface area contributed by atoms with Crippen LogP contribution in [-0.4, -0.2) is 17.7 Å². The van der Waals surface area contributed by atoms with Crippen LogP contribution in [0.25, 0.3) is 0 Å². The average Bonchev–Trinajstić information content (AvgIpc) is 2.54. The Hall–Kier alpha value is -2.31. The molecule has 0 saturated heterocycles. The second kappa shape index (κ2) is 8.52. The predicted molar refractivity (Wildman–Crippen MR) is 96.6 cm³/mol. The van der Waals surface area contributed by atoms with Crippen LogP contribution < -0.4 is 10.2 Å². The first-order chi connectivity index (χ1) is 11.5. The van der Waals surface area contributed by atoms with Crippen molar-refractivity contribution in [2.75, 3.05) is 12.0 Å². The van der Waals surface area contributed by atoms with Crippen molar-refractivity contribution in [3.63, 3.8) is 0 Å². The molecule has 2 rings (SSSR count). The highest BCUT2D eigenvalue weighted by Crippen LogP contribution is 2.33. The molecule has 0 amide bonds. The van der Waals surface area contributed by atoms with Gasteiger partial charge in [-0.3, -0.25) is 15.5 Å². The Balaban J connectivity index is 2.05. The maximum absolute atomic E-state index is 10.6. The summed E-state index contributed by atoms with van der Waals surface area (Å²) in [5.41, 5.74) is 4.12. The van der Waals surface area contributed by atoms with Crippen molar-refractivity contribution >= 4 is 40.8 Å². The van der Waals surface area contributed by atoms with Crippen LogP contribution in [0.3, 0.4) is 0 Å². The van der Waals surface area contributed by atoms with Crippen molar-refractivity contribution in [3.05, 3.63) is 62.1 Å². The molecule has 0 heterocycles. The molecule has 0 saturated carbocycles. The van der Waals surface area contributed by atoms with Gasteiger partial charge in [0.2, 0.25) is 0 Å². The van der Waals surface area contributed by atoms with Gasteiger partial charge in [-0.2, -0.15) is 5.10 Å². The van der Waals surface area contributed by atoms with E-state index in [0.29, 0.717) is 33.7 Å². The first-order valence-electron chi connectivity index (χ1n) is 7.16. The highest BCUT2D eigenvalue weighted by Gasteiger charge is 2.09. The van der Waals surface area contributed by atoms with Crippen LogP contribution in [-0.2, 0) is 0 Å². The highest BCUT2D eigenvalue weighted by molar-refractivity contribution is 6.37. The molecular formula is C16H15Cl2N3O3. The first-order valence-corrected chi connectivity index (χ1v) is 7.92. The monoisotopic (exact) mass is 367 g/mol. The van der Waals surface area contributed by atoms with Crippen LogP contribution in [0, 0.1) is 10.1 Å². The van der Waals surface area contributed by atoms with Gasteiger partial charge in [0.05, 0.1) is 33.5 Å². The molecule has 126 valence electrons. The summed E-state index contributed by atoms with van der Waals surface area (Å²) in [5, 5.41) is 15.5. The smallest absolute Gasteiger partial charge is 0.269 e. The van der Waals surface area contributed by atoms with E-state index in [1.165, 1.54) is 12.1 Å². The number of hydrogen-bond donors (Lipinski definition) is 1.